The topological polar surface area (TPSA) is 73.8 Å². The molecule has 0 heterocycles. The van der Waals surface area contributed by atoms with Gasteiger partial charge in [-0.05, 0) is 55.7 Å². The van der Waals surface area contributed by atoms with Crippen molar-refractivity contribution in [2.24, 2.45) is 4.99 Å². The largest absolute Gasteiger partial charge is 0.356 e. The van der Waals surface area contributed by atoms with Gasteiger partial charge in [0.1, 0.15) is 0 Å². The number of sulfonamides is 1. The van der Waals surface area contributed by atoms with Crippen LogP contribution in [-0.2, 0) is 23.0 Å². The van der Waals surface area contributed by atoms with Crippen molar-refractivity contribution in [2.45, 2.75) is 37.8 Å². The first-order valence-electron chi connectivity index (χ1n) is 9.50. The summed E-state index contributed by atoms with van der Waals surface area (Å²) in [6.45, 7) is 4.98. The van der Waals surface area contributed by atoms with Crippen molar-refractivity contribution in [3.05, 3.63) is 64.7 Å². The maximum atomic E-state index is 12.5. The first-order chi connectivity index (χ1) is 13.7. The van der Waals surface area contributed by atoms with Gasteiger partial charge in [0, 0.05) is 38.2 Å². The SMILES string of the molecule is CN=C(NCCc1ccc(Cl)cc1)NCc1ccc(S(=O)(=O)N(C)C(C)C)cc1. The molecule has 0 fully saturated rings. The van der Waals surface area contributed by atoms with Gasteiger partial charge in [0.05, 0.1) is 4.90 Å². The second kappa shape index (κ2) is 10.6. The lowest BCUT2D eigenvalue weighted by molar-refractivity contribution is 0.410. The highest BCUT2D eigenvalue weighted by molar-refractivity contribution is 7.89. The minimum atomic E-state index is -3.46. The Labute approximate surface area is 179 Å². The molecule has 158 valence electrons. The fourth-order valence-corrected chi connectivity index (χ4v) is 4.10. The van der Waals surface area contributed by atoms with E-state index in [2.05, 4.69) is 15.6 Å². The number of rotatable bonds is 8. The molecule has 0 aromatic heterocycles. The Bertz CT molecular complexity index is 911. The van der Waals surface area contributed by atoms with E-state index < -0.39 is 10.0 Å². The standard InChI is InChI=1S/C21H29ClN4O2S/c1-16(2)26(4)29(27,28)20-11-7-18(8-12-20)15-25-21(23-3)24-14-13-17-5-9-19(22)10-6-17/h5-12,16H,13-15H2,1-4H3,(H2,23,24,25). The van der Waals surface area contributed by atoms with E-state index in [1.165, 1.54) is 9.87 Å². The molecule has 2 aromatic rings. The predicted molar refractivity (Wildman–Crippen MR) is 120 cm³/mol. The van der Waals surface area contributed by atoms with Crippen LogP contribution in [0.4, 0.5) is 0 Å². The molecule has 0 aliphatic carbocycles. The fraction of sp³-hybridized carbons (Fsp3) is 0.381. The summed E-state index contributed by atoms with van der Waals surface area (Å²) in [5.41, 5.74) is 2.16. The quantitative estimate of drug-likeness (QED) is 0.492. The van der Waals surface area contributed by atoms with Crippen molar-refractivity contribution in [2.75, 3.05) is 20.6 Å². The zero-order valence-electron chi connectivity index (χ0n) is 17.3. The minimum absolute atomic E-state index is 0.0939. The van der Waals surface area contributed by atoms with Crippen molar-refractivity contribution >= 4 is 27.6 Å². The Morgan fingerprint density at radius 1 is 1.03 bits per heavy atom. The van der Waals surface area contributed by atoms with E-state index >= 15 is 0 Å². The molecule has 2 rings (SSSR count). The molecule has 8 heteroatoms. The van der Waals surface area contributed by atoms with Crippen LogP contribution >= 0.6 is 11.6 Å². The Kier molecular flexibility index (Phi) is 8.49. The zero-order chi connectivity index (χ0) is 21.4. The van der Waals surface area contributed by atoms with Crippen molar-refractivity contribution in [1.82, 2.24) is 14.9 Å². The molecule has 0 amide bonds. The van der Waals surface area contributed by atoms with Gasteiger partial charge in [-0.1, -0.05) is 35.9 Å². The third-order valence-corrected chi connectivity index (χ3v) is 6.93. The number of hydrogen-bond donors (Lipinski definition) is 2. The molecule has 0 atom stereocenters. The van der Waals surface area contributed by atoms with Gasteiger partial charge in [-0.15, -0.1) is 0 Å². The van der Waals surface area contributed by atoms with E-state index in [1.54, 1.807) is 26.2 Å². The maximum absolute atomic E-state index is 12.5. The third kappa shape index (κ3) is 6.73. The van der Waals surface area contributed by atoms with E-state index in [-0.39, 0.29) is 6.04 Å². The average Bonchev–Trinajstić information content (AvgIpc) is 2.71. The first-order valence-corrected chi connectivity index (χ1v) is 11.3. The van der Waals surface area contributed by atoms with Gasteiger partial charge in [0.25, 0.3) is 0 Å². The van der Waals surface area contributed by atoms with Crippen LogP contribution in [0.5, 0.6) is 0 Å². The lowest BCUT2D eigenvalue weighted by Gasteiger charge is -2.21. The van der Waals surface area contributed by atoms with Crippen LogP contribution in [0.3, 0.4) is 0 Å². The van der Waals surface area contributed by atoms with Crippen LogP contribution in [0, 0.1) is 0 Å². The predicted octanol–water partition coefficient (Wildman–Crippen LogP) is 3.28. The first kappa shape index (κ1) is 23.2. The molecule has 2 N–H and O–H groups in total. The average molecular weight is 437 g/mol. The van der Waals surface area contributed by atoms with Gasteiger partial charge in [0.15, 0.2) is 5.96 Å². The fourth-order valence-electron chi connectivity index (χ4n) is 2.61. The molecule has 0 saturated heterocycles. The number of aliphatic imine (C=N–C) groups is 1. The summed E-state index contributed by atoms with van der Waals surface area (Å²) < 4.78 is 26.4. The highest BCUT2D eigenvalue weighted by atomic mass is 35.5. The lowest BCUT2D eigenvalue weighted by Crippen LogP contribution is -2.37. The normalized spacial score (nSPS) is 12.4. The Morgan fingerprint density at radius 2 is 1.62 bits per heavy atom. The third-order valence-electron chi connectivity index (χ3n) is 4.63. The molecule has 0 radical (unpaired) electrons. The van der Waals surface area contributed by atoms with Crippen LogP contribution in [0.1, 0.15) is 25.0 Å². The highest BCUT2D eigenvalue weighted by Crippen LogP contribution is 2.17. The van der Waals surface area contributed by atoms with Crippen LogP contribution < -0.4 is 10.6 Å². The molecular formula is C21H29ClN4O2S. The molecule has 0 aliphatic rings. The van der Waals surface area contributed by atoms with Crippen LogP contribution in [0.25, 0.3) is 0 Å². The summed E-state index contributed by atoms with van der Waals surface area (Å²) in [6.07, 6.45) is 0.855. The highest BCUT2D eigenvalue weighted by Gasteiger charge is 2.22. The van der Waals surface area contributed by atoms with Crippen molar-refractivity contribution < 1.29 is 8.42 Å². The van der Waals surface area contributed by atoms with E-state index in [9.17, 15) is 8.42 Å². The van der Waals surface area contributed by atoms with E-state index in [0.29, 0.717) is 17.4 Å². The van der Waals surface area contributed by atoms with E-state index in [0.717, 1.165) is 23.6 Å². The zero-order valence-corrected chi connectivity index (χ0v) is 18.9. The van der Waals surface area contributed by atoms with Crippen LogP contribution in [-0.4, -0.2) is 45.4 Å². The molecule has 0 spiro atoms. The molecule has 0 aliphatic heterocycles. The van der Waals surface area contributed by atoms with Gasteiger partial charge in [-0.25, -0.2) is 8.42 Å². The molecule has 0 bridgehead atoms. The molecule has 0 unspecified atom stereocenters. The molecule has 2 aromatic carbocycles. The van der Waals surface area contributed by atoms with Crippen molar-refractivity contribution in [3.63, 3.8) is 0 Å². The number of benzene rings is 2. The van der Waals surface area contributed by atoms with Crippen molar-refractivity contribution in [3.8, 4) is 0 Å². The van der Waals surface area contributed by atoms with Crippen LogP contribution in [0.2, 0.25) is 5.02 Å². The monoisotopic (exact) mass is 436 g/mol. The molecule has 29 heavy (non-hydrogen) atoms. The smallest absolute Gasteiger partial charge is 0.243 e. The summed E-state index contributed by atoms with van der Waals surface area (Å²) in [5.74, 6) is 0.690. The Morgan fingerprint density at radius 3 is 2.17 bits per heavy atom. The number of hydrogen-bond acceptors (Lipinski definition) is 3. The van der Waals surface area contributed by atoms with E-state index in [1.807, 2.05) is 50.2 Å². The molecular weight excluding hydrogens is 408 g/mol. The number of halogens is 1. The maximum Gasteiger partial charge on any atom is 0.243 e. The Hall–Kier alpha value is -2.09. The molecule has 6 nitrogen and oxygen atoms in total. The number of guanidine groups is 1. The Balaban J connectivity index is 1.87. The number of nitrogens with one attached hydrogen (secondary N) is 2. The van der Waals surface area contributed by atoms with Gasteiger partial charge in [-0.2, -0.15) is 4.31 Å². The number of nitrogens with zero attached hydrogens (tertiary/aromatic N) is 2. The van der Waals surface area contributed by atoms with E-state index in [4.69, 9.17) is 11.6 Å². The summed E-state index contributed by atoms with van der Waals surface area (Å²) in [5, 5.41) is 7.24. The second-order valence-corrected chi connectivity index (χ2v) is 9.42. The van der Waals surface area contributed by atoms with Gasteiger partial charge in [-0.3, -0.25) is 4.99 Å². The van der Waals surface area contributed by atoms with Crippen molar-refractivity contribution in [1.29, 1.82) is 0 Å². The van der Waals surface area contributed by atoms with Gasteiger partial charge < -0.3 is 10.6 Å². The summed E-state index contributed by atoms with van der Waals surface area (Å²) in [7, 11) is -0.154. The minimum Gasteiger partial charge on any atom is -0.356 e. The van der Waals surface area contributed by atoms with Crippen LogP contribution in [0.15, 0.2) is 58.4 Å². The lowest BCUT2D eigenvalue weighted by atomic mass is 10.1. The summed E-state index contributed by atoms with van der Waals surface area (Å²) in [4.78, 5) is 4.51. The molecule has 0 saturated carbocycles. The van der Waals surface area contributed by atoms with Gasteiger partial charge in [0.2, 0.25) is 10.0 Å². The second-order valence-electron chi connectivity index (χ2n) is 6.99. The summed E-state index contributed by atoms with van der Waals surface area (Å²) >= 11 is 5.90. The summed E-state index contributed by atoms with van der Waals surface area (Å²) in [6, 6.07) is 14.6. The van der Waals surface area contributed by atoms with Gasteiger partial charge >= 0.3 is 0 Å².